The van der Waals surface area contributed by atoms with Gasteiger partial charge in [0.2, 0.25) is 10.0 Å². The van der Waals surface area contributed by atoms with Gasteiger partial charge in [0, 0.05) is 11.4 Å². The first-order chi connectivity index (χ1) is 10.4. The Bertz CT molecular complexity index is 770. The van der Waals surface area contributed by atoms with Gasteiger partial charge in [0.25, 0.3) is 5.91 Å². The maximum absolute atomic E-state index is 12.2. The van der Waals surface area contributed by atoms with E-state index in [1.807, 2.05) is 0 Å². The number of hydrogen-bond donors (Lipinski definition) is 2. The number of carbonyl (C=O) groups is 1. The molecule has 116 valence electrons. The van der Waals surface area contributed by atoms with Crippen molar-refractivity contribution in [1.29, 1.82) is 0 Å². The van der Waals surface area contributed by atoms with Crippen molar-refractivity contribution in [2.75, 3.05) is 23.4 Å². The molecule has 2 aromatic carbocycles. The van der Waals surface area contributed by atoms with Crippen LogP contribution in [-0.2, 0) is 10.0 Å². The van der Waals surface area contributed by atoms with Crippen LogP contribution in [0.3, 0.4) is 0 Å². The van der Waals surface area contributed by atoms with Crippen LogP contribution in [0.1, 0.15) is 10.4 Å². The molecule has 2 aromatic rings. The van der Waals surface area contributed by atoms with E-state index in [1.165, 1.54) is 7.11 Å². The quantitative estimate of drug-likeness (QED) is 0.885. The standard InChI is InChI=1S/C15H16N2O4S/c1-21-14-6-4-3-5-13(14)15(18)16-11-7-9-12(10-8-11)17-22(2,19)20/h3-10,17H,1-2H3,(H,16,18). The summed E-state index contributed by atoms with van der Waals surface area (Å²) in [5.74, 6) is 0.177. The molecule has 0 aromatic heterocycles. The fourth-order valence-corrected chi connectivity index (χ4v) is 2.43. The Balaban J connectivity index is 2.12. The Kier molecular flexibility index (Phi) is 4.67. The second-order valence-electron chi connectivity index (χ2n) is 4.61. The molecule has 0 spiro atoms. The van der Waals surface area contributed by atoms with Gasteiger partial charge >= 0.3 is 0 Å². The fourth-order valence-electron chi connectivity index (χ4n) is 1.87. The van der Waals surface area contributed by atoms with Crippen molar-refractivity contribution in [3.8, 4) is 5.75 Å². The van der Waals surface area contributed by atoms with Crippen molar-refractivity contribution in [3.63, 3.8) is 0 Å². The third-order valence-corrected chi connectivity index (χ3v) is 3.40. The maximum atomic E-state index is 12.2. The van der Waals surface area contributed by atoms with Crippen LogP contribution in [0.2, 0.25) is 0 Å². The molecular weight excluding hydrogens is 304 g/mol. The van der Waals surface area contributed by atoms with Gasteiger partial charge < -0.3 is 10.1 Å². The lowest BCUT2D eigenvalue weighted by Crippen LogP contribution is -2.13. The lowest BCUT2D eigenvalue weighted by atomic mass is 10.2. The minimum Gasteiger partial charge on any atom is -0.496 e. The Labute approximate surface area is 129 Å². The highest BCUT2D eigenvalue weighted by Crippen LogP contribution is 2.20. The van der Waals surface area contributed by atoms with Gasteiger partial charge in [-0.3, -0.25) is 9.52 Å². The van der Waals surface area contributed by atoms with E-state index in [1.54, 1.807) is 48.5 Å². The lowest BCUT2D eigenvalue weighted by Gasteiger charge is -2.10. The normalized spacial score (nSPS) is 10.8. The van der Waals surface area contributed by atoms with Crippen molar-refractivity contribution >= 4 is 27.3 Å². The van der Waals surface area contributed by atoms with Gasteiger partial charge in [-0.2, -0.15) is 0 Å². The maximum Gasteiger partial charge on any atom is 0.259 e. The molecule has 0 aliphatic heterocycles. The summed E-state index contributed by atoms with van der Waals surface area (Å²) in [5.41, 5.74) is 1.40. The van der Waals surface area contributed by atoms with Gasteiger partial charge in [-0.1, -0.05) is 12.1 Å². The molecule has 7 heteroatoms. The number of anilines is 2. The minimum absolute atomic E-state index is 0.304. The lowest BCUT2D eigenvalue weighted by molar-refractivity contribution is 0.102. The first kappa shape index (κ1) is 15.8. The van der Waals surface area contributed by atoms with E-state index < -0.39 is 10.0 Å². The van der Waals surface area contributed by atoms with E-state index in [2.05, 4.69) is 10.0 Å². The first-order valence-corrected chi connectivity index (χ1v) is 8.30. The smallest absolute Gasteiger partial charge is 0.259 e. The van der Waals surface area contributed by atoms with E-state index in [0.717, 1.165) is 6.26 Å². The predicted octanol–water partition coefficient (Wildman–Crippen LogP) is 2.32. The number of para-hydroxylation sites is 1. The van der Waals surface area contributed by atoms with Gasteiger partial charge in [-0.25, -0.2) is 8.42 Å². The molecule has 0 radical (unpaired) electrons. The third kappa shape index (κ3) is 4.23. The summed E-state index contributed by atoms with van der Waals surface area (Å²) >= 11 is 0. The van der Waals surface area contributed by atoms with E-state index in [0.29, 0.717) is 22.7 Å². The monoisotopic (exact) mass is 320 g/mol. The molecule has 6 nitrogen and oxygen atoms in total. The van der Waals surface area contributed by atoms with Gasteiger partial charge in [0.1, 0.15) is 5.75 Å². The second-order valence-corrected chi connectivity index (χ2v) is 6.35. The number of carbonyl (C=O) groups excluding carboxylic acids is 1. The highest BCUT2D eigenvalue weighted by molar-refractivity contribution is 7.92. The Morgan fingerprint density at radius 1 is 1.00 bits per heavy atom. The Morgan fingerprint density at radius 2 is 1.59 bits per heavy atom. The zero-order chi connectivity index (χ0) is 16.2. The van der Waals surface area contributed by atoms with E-state index in [4.69, 9.17) is 4.74 Å². The van der Waals surface area contributed by atoms with Crippen LogP contribution in [0.15, 0.2) is 48.5 Å². The minimum atomic E-state index is -3.32. The average molecular weight is 320 g/mol. The summed E-state index contributed by atoms with van der Waals surface area (Å²) in [5, 5.41) is 2.73. The van der Waals surface area contributed by atoms with Gasteiger partial charge in [-0.05, 0) is 36.4 Å². The second kappa shape index (κ2) is 6.48. The number of methoxy groups -OCH3 is 1. The van der Waals surface area contributed by atoms with Crippen molar-refractivity contribution in [3.05, 3.63) is 54.1 Å². The molecule has 22 heavy (non-hydrogen) atoms. The molecule has 0 saturated carbocycles. The summed E-state index contributed by atoms with van der Waals surface area (Å²) in [6.45, 7) is 0. The Morgan fingerprint density at radius 3 is 2.18 bits per heavy atom. The number of rotatable bonds is 5. The molecule has 2 N–H and O–H groups in total. The highest BCUT2D eigenvalue weighted by Gasteiger charge is 2.11. The van der Waals surface area contributed by atoms with Crippen LogP contribution < -0.4 is 14.8 Å². The number of amides is 1. The van der Waals surface area contributed by atoms with Gasteiger partial charge in [-0.15, -0.1) is 0 Å². The van der Waals surface area contributed by atoms with E-state index >= 15 is 0 Å². The molecule has 0 unspecified atom stereocenters. The molecule has 0 aliphatic carbocycles. The molecule has 0 aliphatic rings. The summed E-state index contributed by atoms with van der Waals surface area (Å²) in [7, 11) is -1.82. The zero-order valence-electron chi connectivity index (χ0n) is 12.2. The van der Waals surface area contributed by atoms with Crippen molar-refractivity contribution in [2.45, 2.75) is 0 Å². The van der Waals surface area contributed by atoms with Crippen molar-refractivity contribution in [2.24, 2.45) is 0 Å². The van der Waals surface area contributed by atoms with E-state index in [-0.39, 0.29) is 5.91 Å². The van der Waals surface area contributed by atoms with E-state index in [9.17, 15) is 13.2 Å². The van der Waals surface area contributed by atoms with Crippen molar-refractivity contribution < 1.29 is 17.9 Å². The van der Waals surface area contributed by atoms with Crippen LogP contribution >= 0.6 is 0 Å². The Hall–Kier alpha value is -2.54. The summed E-state index contributed by atoms with van der Waals surface area (Å²) in [6, 6.07) is 13.2. The molecule has 0 atom stereocenters. The summed E-state index contributed by atoms with van der Waals surface area (Å²) < 4.78 is 29.7. The molecule has 0 bridgehead atoms. The van der Waals surface area contributed by atoms with Crippen LogP contribution in [-0.4, -0.2) is 27.7 Å². The molecule has 2 rings (SSSR count). The SMILES string of the molecule is COc1ccccc1C(=O)Nc1ccc(NS(C)(=O)=O)cc1. The van der Waals surface area contributed by atoms with Crippen molar-refractivity contribution in [1.82, 2.24) is 0 Å². The molecule has 1 amide bonds. The van der Waals surface area contributed by atoms with Crippen LogP contribution in [0, 0.1) is 0 Å². The number of benzene rings is 2. The summed E-state index contributed by atoms with van der Waals surface area (Å²) in [4.78, 5) is 12.2. The van der Waals surface area contributed by atoms with Crippen LogP contribution in [0.25, 0.3) is 0 Å². The molecule has 0 saturated heterocycles. The molecule has 0 heterocycles. The molecule has 0 fully saturated rings. The van der Waals surface area contributed by atoms with Gasteiger partial charge in [0.05, 0.1) is 18.9 Å². The fraction of sp³-hybridized carbons (Fsp3) is 0.133. The number of ether oxygens (including phenoxy) is 1. The van der Waals surface area contributed by atoms with Gasteiger partial charge in [0.15, 0.2) is 0 Å². The first-order valence-electron chi connectivity index (χ1n) is 6.41. The summed E-state index contributed by atoms with van der Waals surface area (Å²) in [6.07, 6.45) is 1.07. The van der Waals surface area contributed by atoms with Crippen LogP contribution in [0.4, 0.5) is 11.4 Å². The largest absolute Gasteiger partial charge is 0.496 e. The highest BCUT2D eigenvalue weighted by atomic mass is 32.2. The number of hydrogen-bond acceptors (Lipinski definition) is 4. The van der Waals surface area contributed by atoms with Crippen LogP contribution in [0.5, 0.6) is 5.75 Å². The zero-order valence-corrected chi connectivity index (χ0v) is 13.0. The average Bonchev–Trinajstić information content (AvgIpc) is 2.47. The third-order valence-electron chi connectivity index (χ3n) is 2.80. The topological polar surface area (TPSA) is 84.5 Å². The molecular formula is C15H16N2O4S. The predicted molar refractivity (Wildman–Crippen MR) is 85.9 cm³/mol. The number of sulfonamides is 1. The number of nitrogens with one attached hydrogen (secondary N) is 2.